The van der Waals surface area contributed by atoms with E-state index in [1.165, 1.54) is 0 Å². The maximum absolute atomic E-state index is 5.54. The second-order valence-electron chi connectivity index (χ2n) is 3.64. The Bertz CT molecular complexity index is 557. The van der Waals surface area contributed by atoms with Crippen LogP contribution >= 0.6 is 0 Å². The topological polar surface area (TPSA) is 64.9 Å². The number of nitrogens with zero attached hydrogens (tertiary/aromatic N) is 2. The molecule has 0 saturated heterocycles. The Hall–Kier alpha value is -1.94. The zero-order chi connectivity index (χ0) is 11.0. The van der Waals surface area contributed by atoms with E-state index in [-0.39, 0.29) is 0 Å². The summed E-state index contributed by atoms with van der Waals surface area (Å²) in [5, 5.41) is 0. The molecule has 1 aliphatic rings. The second kappa shape index (κ2) is 3.57. The molecule has 0 spiro atoms. The van der Waals surface area contributed by atoms with Crippen molar-refractivity contribution in [1.82, 2.24) is 9.97 Å². The lowest BCUT2D eigenvalue weighted by Crippen LogP contribution is -1.95. The van der Waals surface area contributed by atoms with Gasteiger partial charge >= 0.3 is 0 Å². The third-order valence-corrected chi connectivity index (χ3v) is 2.67. The van der Waals surface area contributed by atoms with Gasteiger partial charge in [0, 0.05) is 23.8 Å². The predicted molar refractivity (Wildman–Crippen MR) is 59.4 cm³/mol. The maximum Gasteiger partial charge on any atom is 0.208 e. The van der Waals surface area contributed by atoms with Crippen LogP contribution in [0.25, 0.3) is 5.57 Å². The lowest BCUT2D eigenvalue weighted by Gasteiger charge is -2.00. The molecule has 2 heterocycles. The number of hydrogen-bond acceptors (Lipinski definition) is 4. The number of oxazole rings is 1. The highest BCUT2D eigenvalue weighted by atomic mass is 16.4. The van der Waals surface area contributed by atoms with Gasteiger partial charge in [0.1, 0.15) is 0 Å². The van der Waals surface area contributed by atoms with Gasteiger partial charge in [-0.1, -0.05) is 12.1 Å². The fraction of sp³-hybridized carbons (Fsp3) is 0.167. The number of nitrogens with two attached hydrogens (primary N) is 1. The summed E-state index contributed by atoms with van der Waals surface area (Å²) in [5.74, 6) is 1.33. The molecule has 0 unspecified atom stereocenters. The molecule has 0 fully saturated rings. The van der Waals surface area contributed by atoms with Gasteiger partial charge < -0.3 is 10.2 Å². The smallest absolute Gasteiger partial charge is 0.208 e. The lowest BCUT2D eigenvalue weighted by molar-refractivity contribution is 0.488. The van der Waals surface area contributed by atoms with Crippen molar-refractivity contribution < 1.29 is 4.42 Å². The SMILES string of the molecule is NCc1ncc(C2=CCc3ncccc32)o1. The highest BCUT2D eigenvalue weighted by Crippen LogP contribution is 2.31. The second-order valence-corrected chi connectivity index (χ2v) is 3.64. The third kappa shape index (κ3) is 1.35. The zero-order valence-electron chi connectivity index (χ0n) is 8.68. The Morgan fingerprint density at radius 3 is 3.12 bits per heavy atom. The summed E-state index contributed by atoms with van der Waals surface area (Å²) < 4.78 is 5.54. The number of hydrogen-bond donors (Lipinski definition) is 1. The Balaban J connectivity index is 2.04. The van der Waals surface area contributed by atoms with Crippen LogP contribution in [0.2, 0.25) is 0 Å². The largest absolute Gasteiger partial charge is 0.439 e. The van der Waals surface area contributed by atoms with E-state index in [1.807, 2.05) is 12.1 Å². The Morgan fingerprint density at radius 2 is 2.31 bits per heavy atom. The molecular formula is C12H11N3O. The van der Waals surface area contributed by atoms with E-state index in [2.05, 4.69) is 16.0 Å². The Kier molecular flexibility index (Phi) is 2.08. The number of pyridine rings is 1. The molecule has 16 heavy (non-hydrogen) atoms. The molecule has 0 aliphatic heterocycles. The summed E-state index contributed by atoms with van der Waals surface area (Å²) >= 11 is 0. The predicted octanol–water partition coefficient (Wildman–Crippen LogP) is 1.52. The van der Waals surface area contributed by atoms with Gasteiger partial charge in [0.25, 0.3) is 0 Å². The van der Waals surface area contributed by atoms with Crippen LogP contribution in [0.15, 0.2) is 35.0 Å². The van der Waals surface area contributed by atoms with Crippen molar-refractivity contribution in [3.8, 4) is 0 Å². The lowest BCUT2D eigenvalue weighted by atomic mass is 10.1. The van der Waals surface area contributed by atoms with Gasteiger partial charge in [0.2, 0.25) is 5.89 Å². The molecular weight excluding hydrogens is 202 g/mol. The van der Waals surface area contributed by atoms with Crippen LogP contribution in [0.1, 0.15) is 22.9 Å². The molecule has 2 aromatic heterocycles. The first-order valence-corrected chi connectivity index (χ1v) is 5.18. The summed E-state index contributed by atoms with van der Waals surface area (Å²) in [7, 11) is 0. The van der Waals surface area contributed by atoms with Crippen LogP contribution < -0.4 is 5.73 Å². The van der Waals surface area contributed by atoms with Gasteiger partial charge in [-0.25, -0.2) is 4.98 Å². The van der Waals surface area contributed by atoms with Crippen LogP contribution in [0.3, 0.4) is 0 Å². The van der Waals surface area contributed by atoms with E-state index >= 15 is 0 Å². The summed E-state index contributed by atoms with van der Waals surface area (Å²) in [6.45, 7) is 0.327. The molecule has 0 atom stereocenters. The minimum absolute atomic E-state index is 0.327. The van der Waals surface area contributed by atoms with Crippen molar-refractivity contribution in [1.29, 1.82) is 0 Å². The average Bonchev–Trinajstić information content (AvgIpc) is 2.94. The first kappa shape index (κ1) is 9.30. The van der Waals surface area contributed by atoms with Crippen LogP contribution in [-0.2, 0) is 13.0 Å². The Morgan fingerprint density at radius 1 is 1.38 bits per heavy atom. The normalized spacial score (nSPS) is 13.7. The van der Waals surface area contributed by atoms with E-state index in [4.69, 9.17) is 10.2 Å². The standard InChI is InChI=1S/C12H11N3O/c13-6-12-15-7-11(16-12)9-3-4-10-8(9)2-1-5-14-10/h1-3,5,7H,4,6,13H2. The summed E-state index contributed by atoms with van der Waals surface area (Å²) in [6, 6.07) is 3.98. The fourth-order valence-corrected chi connectivity index (χ4v) is 1.92. The van der Waals surface area contributed by atoms with E-state index in [0.29, 0.717) is 12.4 Å². The van der Waals surface area contributed by atoms with Gasteiger partial charge in [-0.05, 0) is 6.07 Å². The van der Waals surface area contributed by atoms with Gasteiger partial charge in [-0.15, -0.1) is 0 Å². The third-order valence-electron chi connectivity index (χ3n) is 2.67. The monoisotopic (exact) mass is 213 g/mol. The maximum atomic E-state index is 5.54. The molecule has 2 N–H and O–H groups in total. The molecule has 0 amide bonds. The van der Waals surface area contributed by atoms with E-state index in [9.17, 15) is 0 Å². The summed E-state index contributed by atoms with van der Waals surface area (Å²) in [6.07, 6.45) is 6.49. The van der Waals surface area contributed by atoms with Crippen molar-refractivity contribution in [2.24, 2.45) is 5.73 Å². The molecule has 0 bridgehead atoms. The molecule has 0 radical (unpaired) electrons. The molecule has 0 saturated carbocycles. The Labute approximate surface area is 92.8 Å². The highest BCUT2D eigenvalue weighted by molar-refractivity contribution is 5.81. The average molecular weight is 213 g/mol. The molecule has 4 heteroatoms. The summed E-state index contributed by atoms with van der Waals surface area (Å²) in [5.41, 5.74) is 8.75. The molecule has 2 aromatic rings. The minimum atomic E-state index is 0.327. The van der Waals surface area contributed by atoms with E-state index < -0.39 is 0 Å². The van der Waals surface area contributed by atoms with Gasteiger partial charge in [0.05, 0.1) is 18.4 Å². The van der Waals surface area contributed by atoms with E-state index in [1.54, 1.807) is 12.4 Å². The zero-order valence-corrected chi connectivity index (χ0v) is 8.68. The molecule has 0 aromatic carbocycles. The van der Waals surface area contributed by atoms with Crippen molar-refractivity contribution in [2.75, 3.05) is 0 Å². The summed E-state index contributed by atoms with van der Waals surface area (Å²) in [4.78, 5) is 8.42. The fourth-order valence-electron chi connectivity index (χ4n) is 1.92. The molecule has 80 valence electrons. The van der Waals surface area contributed by atoms with Crippen LogP contribution in [-0.4, -0.2) is 9.97 Å². The molecule has 4 nitrogen and oxygen atoms in total. The van der Waals surface area contributed by atoms with Crippen molar-refractivity contribution in [2.45, 2.75) is 13.0 Å². The number of fused-ring (bicyclic) bond motifs is 1. The van der Waals surface area contributed by atoms with Gasteiger partial charge in [-0.3, -0.25) is 4.98 Å². The van der Waals surface area contributed by atoms with Crippen molar-refractivity contribution >= 4 is 5.57 Å². The van der Waals surface area contributed by atoms with Gasteiger partial charge in [0.15, 0.2) is 5.76 Å². The quantitative estimate of drug-likeness (QED) is 0.821. The first-order chi connectivity index (χ1) is 7.88. The number of rotatable bonds is 2. The first-order valence-electron chi connectivity index (χ1n) is 5.18. The van der Waals surface area contributed by atoms with Crippen LogP contribution in [0, 0.1) is 0 Å². The van der Waals surface area contributed by atoms with Crippen molar-refractivity contribution in [3.05, 3.63) is 53.5 Å². The minimum Gasteiger partial charge on any atom is -0.439 e. The number of allylic oxidation sites excluding steroid dienone is 1. The van der Waals surface area contributed by atoms with Gasteiger partial charge in [-0.2, -0.15) is 0 Å². The molecule has 1 aliphatic carbocycles. The molecule has 3 rings (SSSR count). The number of aromatic nitrogens is 2. The van der Waals surface area contributed by atoms with E-state index in [0.717, 1.165) is 29.0 Å². The highest BCUT2D eigenvalue weighted by Gasteiger charge is 2.19. The van der Waals surface area contributed by atoms with Crippen LogP contribution in [0.5, 0.6) is 0 Å². The van der Waals surface area contributed by atoms with Crippen LogP contribution in [0.4, 0.5) is 0 Å². The van der Waals surface area contributed by atoms with Crippen molar-refractivity contribution in [3.63, 3.8) is 0 Å².